The molecule has 0 aromatic rings. The van der Waals surface area contributed by atoms with E-state index in [9.17, 15) is 13.2 Å². The number of nitrogens with zero attached hydrogens (tertiary/aromatic N) is 1. The molecule has 0 spiro atoms. The van der Waals surface area contributed by atoms with Gasteiger partial charge in [0.2, 0.25) is 0 Å². The summed E-state index contributed by atoms with van der Waals surface area (Å²) in [6, 6.07) is 0. The summed E-state index contributed by atoms with van der Waals surface area (Å²) in [5.41, 5.74) is 0. The van der Waals surface area contributed by atoms with Crippen LogP contribution in [0.1, 0.15) is 26.7 Å². The summed E-state index contributed by atoms with van der Waals surface area (Å²) in [4.78, 5) is 11.9. The van der Waals surface area contributed by atoms with E-state index >= 15 is 0 Å². The van der Waals surface area contributed by atoms with Crippen molar-refractivity contribution >= 4 is 16.0 Å². The second kappa shape index (κ2) is 6.87. The van der Waals surface area contributed by atoms with Crippen LogP contribution in [0.5, 0.6) is 0 Å². The van der Waals surface area contributed by atoms with Gasteiger partial charge in [0, 0.05) is 18.4 Å². The number of hydrogen-bond acceptors (Lipinski definition) is 3. The zero-order chi connectivity index (χ0) is 15.4. The van der Waals surface area contributed by atoms with Crippen molar-refractivity contribution in [3.63, 3.8) is 0 Å². The van der Waals surface area contributed by atoms with E-state index in [1.807, 2.05) is 14.0 Å². The molecular weight excluding hydrogens is 280 g/mol. The van der Waals surface area contributed by atoms with Gasteiger partial charge in [0.15, 0.2) is 6.54 Å². The van der Waals surface area contributed by atoms with Crippen molar-refractivity contribution in [1.29, 1.82) is 0 Å². The van der Waals surface area contributed by atoms with Crippen LogP contribution in [0.15, 0.2) is 0 Å². The van der Waals surface area contributed by atoms with Gasteiger partial charge in [-0.25, -0.2) is 0 Å². The Morgan fingerprint density at radius 3 is 2.60 bits per heavy atom. The van der Waals surface area contributed by atoms with Crippen LogP contribution < -0.4 is 5.32 Å². The molecule has 1 saturated heterocycles. The van der Waals surface area contributed by atoms with Crippen molar-refractivity contribution in [1.82, 2.24) is 5.32 Å². The molecule has 6 nitrogen and oxygen atoms in total. The normalized spacial score (nSPS) is 30.4. The standard InChI is InChI=1S/C13H26N2O4S/c1-4-5-6-14-13(16)9-15(3)7-11(2)12(8-15)10-20(17,18)19/h11-12H,4-10H2,1-3H3,(H-,14,16,17,18,19)/p+1. The van der Waals surface area contributed by atoms with Gasteiger partial charge in [-0.1, -0.05) is 20.3 Å². The van der Waals surface area contributed by atoms with Crippen LogP contribution in [-0.2, 0) is 14.9 Å². The molecule has 0 bridgehead atoms. The fraction of sp³-hybridized carbons (Fsp3) is 0.923. The van der Waals surface area contributed by atoms with Crippen LogP contribution in [0.2, 0.25) is 0 Å². The van der Waals surface area contributed by atoms with E-state index in [-0.39, 0.29) is 23.5 Å². The minimum Gasteiger partial charge on any atom is -0.351 e. The van der Waals surface area contributed by atoms with Crippen LogP contribution in [0.25, 0.3) is 0 Å². The fourth-order valence-corrected chi connectivity index (χ4v) is 4.06. The fourth-order valence-electron chi connectivity index (χ4n) is 3.09. The predicted molar refractivity (Wildman–Crippen MR) is 77.8 cm³/mol. The van der Waals surface area contributed by atoms with Gasteiger partial charge in [0.05, 0.1) is 25.9 Å². The Hall–Kier alpha value is -0.660. The first kappa shape index (κ1) is 17.4. The van der Waals surface area contributed by atoms with Crippen LogP contribution in [0.4, 0.5) is 0 Å². The van der Waals surface area contributed by atoms with Gasteiger partial charge >= 0.3 is 0 Å². The number of nitrogens with one attached hydrogen (secondary N) is 1. The SMILES string of the molecule is CCCCNC(=O)C[N+]1(C)CC(C)C(CS(=O)(=O)O)C1. The highest BCUT2D eigenvalue weighted by Crippen LogP contribution is 2.28. The zero-order valence-electron chi connectivity index (χ0n) is 12.6. The minimum absolute atomic E-state index is 0.0145. The van der Waals surface area contributed by atoms with Gasteiger partial charge in [0.1, 0.15) is 0 Å². The Labute approximate surface area is 121 Å². The molecule has 0 aliphatic carbocycles. The van der Waals surface area contributed by atoms with Gasteiger partial charge in [-0.3, -0.25) is 9.35 Å². The van der Waals surface area contributed by atoms with Gasteiger partial charge in [-0.15, -0.1) is 0 Å². The number of quaternary nitrogens is 1. The number of carbonyl (C=O) groups is 1. The second-order valence-corrected chi connectivity index (χ2v) is 7.83. The minimum atomic E-state index is -3.95. The lowest BCUT2D eigenvalue weighted by Crippen LogP contribution is -2.49. The first-order valence-electron chi connectivity index (χ1n) is 7.20. The summed E-state index contributed by atoms with van der Waals surface area (Å²) < 4.78 is 31.5. The molecule has 0 aromatic carbocycles. The lowest BCUT2D eigenvalue weighted by Gasteiger charge is -2.29. The quantitative estimate of drug-likeness (QED) is 0.408. The number of unbranched alkanes of at least 4 members (excludes halogenated alkanes) is 1. The number of carbonyl (C=O) groups excluding carboxylic acids is 1. The maximum absolute atomic E-state index is 11.9. The Morgan fingerprint density at radius 1 is 1.40 bits per heavy atom. The molecule has 0 aromatic heterocycles. The Kier molecular flexibility index (Phi) is 5.97. The monoisotopic (exact) mass is 307 g/mol. The number of hydrogen-bond donors (Lipinski definition) is 2. The van der Waals surface area contributed by atoms with Crippen LogP contribution in [-0.4, -0.2) is 62.3 Å². The summed E-state index contributed by atoms with van der Waals surface area (Å²) in [5.74, 6) is -0.0936. The third-order valence-electron chi connectivity index (χ3n) is 4.01. The average molecular weight is 307 g/mol. The maximum atomic E-state index is 11.9. The summed E-state index contributed by atoms with van der Waals surface area (Å²) in [7, 11) is -1.98. The van der Waals surface area contributed by atoms with Crippen LogP contribution >= 0.6 is 0 Å². The Bertz CT molecular complexity index is 438. The topological polar surface area (TPSA) is 83.5 Å². The highest BCUT2D eigenvalue weighted by Gasteiger charge is 2.42. The third-order valence-corrected chi connectivity index (χ3v) is 4.86. The molecular formula is C13H27N2O4S+. The van der Waals surface area contributed by atoms with Crippen molar-refractivity contribution < 1.29 is 22.2 Å². The van der Waals surface area contributed by atoms with Gasteiger partial charge in [-0.05, 0) is 6.42 Å². The molecule has 1 aliphatic heterocycles. The lowest BCUT2D eigenvalue weighted by molar-refractivity contribution is -0.892. The van der Waals surface area contributed by atoms with Gasteiger partial charge < -0.3 is 9.80 Å². The average Bonchev–Trinajstić information content (AvgIpc) is 2.51. The maximum Gasteiger partial charge on any atom is 0.275 e. The van der Waals surface area contributed by atoms with E-state index in [1.165, 1.54) is 0 Å². The molecule has 1 rings (SSSR count). The summed E-state index contributed by atoms with van der Waals surface area (Å²) >= 11 is 0. The van der Waals surface area contributed by atoms with E-state index in [1.54, 1.807) is 0 Å². The van der Waals surface area contributed by atoms with E-state index in [2.05, 4.69) is 12.2 Å². The van der Waals surface area contributed by atoms with Crippen molar-refractivity contribution in [3.05, 3.63) is 0 Å². The Morgan fingerprint density at radius 2 is 2.05 bits per heavy atom. The molecule has 0 radical (unpaired) electrons. The molecule has 1 heterocycles. The molecule has 20 heavy (non-hydrogen) atoms. The van der Waals surface area contributed by atoms with Crippen molar-refractivity contribution in [2.24, 2.45) is 11.8 Å². The highest BCUT2D eigenvalue weighted by atomic mass is 32.2. The molecule has 3 unspecified atom stereocenters. The molecule has 3 atom stereocenters. The lowest BCUT2D eigenvalue weighted by atomic mass is 10.0. The number of amides is 1. The molecule has 0 saturated carbocycles. The number of likely N-dealkylation sites (N-methyl/N-ethyl adjacent to an activating group) is 1. The molecule has 1 fully saturated rings. The van der Waals surface area contributed by atoms with Crippen LogP contribution in [0.3, 0.4) is 0 Å². The van der Waals surface area contributed by atoms with Crippen LogP contribution in [0, 0.1) is 11.8 Å². The molecule has 7 heteroatoms. The third kappa shape index (κ3) is 5.76. The van der Waals surface area contributed by atoms with Crippen molar-refractivity contribution in [3.8, 4) is 0 Å². The molecule has 1 amide bonds. The first-order chi connectivity index (χ1) is 9.15. The summed E-state index contributed by atoms with van der Waals surface area (Å²) in [6.07, 6.45) is 2.01. The van der Waals surface area contributed by atoms with E-state index in [0.29, 0.717) is 24.1 Å². The van der Waals surface area contributed by atoms with Crippen molar-refractivity contribution in [2.75, 3.05) is 39.0 Å². The molecule has 2 N–H and O–H groups in total. The summed E-state index contributed by atoms with van der Waals surface area (Å²) in [5, 5.41) is 2.89. The number of likely N-dealkylation sites (tertiary alicyclic amines) is 1. The van der Waals surface area contributed by atoms with E-state index in [4.69, 9.17) is 4.55 Å². The smallest absolute Gasteiger partial charge is 0.275 e. The summed E-state index contributed by atoms with van der Waals surface area (Å²) in [6.45, 7) is 6.50. The Balaban J connectivity index is 2.52. The highest BCUT2D eigenvalue weighted by molar-refractivity contribution is 7.85. The first-order valence-corrected chi connectivity index (χ1v) is 8.81. The number of rotatable bonds is 7. The zero-order valence-corrected chi connectivity index (χ0v) is 13.4. The molecule has 118 valence electrons. The van der Waals surface area contributed by atoms with Gasteiger partial charge in [0.25, 0.3) is 16.0 Å². The van der Waals surface area contributed by atoms with E-state index < -0.39 is 10.1 Å². The van der Waals surface area contributed by atoms with Crippen molar-refractivity contribution in [2.45, 2.75) is 26.7 Å². The predicted octanol–water partition coefficient (Wildman–Crippen LogP) is 0.503. The largest absolute Gasteiger partial charge is 0.351 e. The van der Waals surface area contributed by atoms with Gasteiger partial charge in [-0.2, -0.15) is 8.42 Å². The van der Waals surface area contributed by atoms with E-state index in [0.717, 1.165) is 19.4 Å². The second-order valence-electron chi connectivity index (χ2n) is 6.33. The molecule has 1 aliphatic rings.